The molecule has 4 nitrogen and oxygen atoms in total. The van der Waals surface area contributed by atoms with Crippen molar-refractivity contribution in [2.45, 2.75) is 6.54 Å². The number of rotatable bonds is 4. The van der Waals surface area contributed by atoms with Gasteiger partial charge in [0.1, 0.15) is 5.82 Å². The molecule has 0 aromatic heterocycles. The molecular formula is C14H19ClF3N3O. The van der Waals surface area contributed by atoms with Gasteiger partial charge < -0.3 is 10.2 Å². The number of carbonyl (C=O) groups excluding carboxylic acids is 1. The van der Waals surface area contributed by atoms with Crippen molar-refractivity contribution < 1.29 is 18.0 Å². The summed E-state index contributed by atoms with van der Waals surface area (Å²) in [4.78, 5) is 15.3. The third kappa shape index (κ3) is 4.86. The molecule has 1 fully saturated rings. The van der Waals surface area contributed by atoms with Gasteiger partial charge in [-0.2, -0.15) is 0 Å². The van der Waals surface area contributed by atoms with Crippen molar-refractivity contribution in [2.75, 3.05) is 39.8 Å². The van der Waals surface area contributed by atoms with E-state index in [-0.39, 0.29) is 37.0 Å². The molecule has 8 heteroatoms. The largest absolute Gasteiger partial charge is 0.339 e. The SMILES string of the molecule is CN(CC(=O)N1CCNCC1)Cc1cc(F)c(F)cc1F.Cl. The molecular weight excluding hydrogens is 319 g/mol. The normalized spacial score (nSPS) is 14.9. The molecule has 1 aromatic rings. The number of halogens is 4. The van der Waals surface area contributed by atoms with Crippen LogP contribution in [0.3, 0.4) is 0 Å². The van der Waals surface area contributed by atoms with Crippen LogP contribution in [0.4, 0.5) is 13.2 Å². The molecule has 0 unspecified atom stereocenters. The minimum atomic E-state index is -1.21. The number of benzene rings is 1. The average molecular weight is 338 g/mol. The Labute approximate surface area is 133 Å². The van der Waals surface area contributed by atoms with Crippen molar-refractivity contribution in [3.63, 3.8) is 0 Å². The van der Waals surface area contributed by atoms with E-state index in [1.165, 1.54) is 0 Å². The molecule has 1 saturated heterocycles. The van der Waals surface area contributed by atoms with Crippen LogP contribution >= 0.6 is 12.4 Å². The molecule has 1 aliphatic heterocycles. The lowest BCUT2D eigenvalue weighted by atomic mass is 10.2. The summed E-state index contributed by atoms with van der Waals surface area (Å²) in [7, 11) is 1.64. The lowest BCUT2D eigenvalue weighted by Crippen LogP contribution is -2.49. The molecule has 1 aliphatic rings. The Morgan fingerprint density at radius 2 is 1.77 bits per heavy atom. The summed E-state index contributed by atoms with van der Waals surface area (Å²) in [6.07, 6.45) is 0. The molecule has 0 spiro atoms. The fraction of sp³-hybridized carbons (Fsp3) is 0.500. The van der Waals surface area contributed by atoms with Crippen LogP contribution in [0.2, 0.25) is 0 Å². The van der Waals surface area contributed by atoms with Crippen LogP contribution < -0.4 is 5.32 Å². The maximum absolute atomic E-state index is 13.5. The standard InChI is InChI=1S/C14H18F3N3O.ClH/c1-19(9-14(21)20-4-2-18-3-5-20)8-10-6-12(16)13(17)7-11(10)15;/h6-7,18H,2-5,8-9H2,1H3;1H. The second kappa shape index (κ2) is 8.36. The van der Waals surface area contributed by atoms with Crippen molar-refractivity contribution in [2.24, 2.45) is 0 Å². The number of hydrogen-bond acceptors (Lipinski definition) is 3. The molecule has 0 saturated carbocycles. The summed E-state index contributed by atoms with van der Waals surface area (Å²) in [5.74, 6) is -3.17. The minimum Gasteiger partial charge on any atom is -0.339 e. The number of likely N-dealkylation sites (N-methyl/N-ethyl adjacent to an activating group) is 1. The van der Waals surface area contributed by atoms with Crippen LogP contribution in [-0.4, -0.2) is 55.5 Å². The van der Waals surface area contributed by atoms with Gasteiger partial charge in [-0.25, -0.2) is 13.2 Å². The summed E-state index contributed by atoms with van der Waals surface area (Å²) in [5.41, 5.74) is 0.0320. The van der Waals surface area contributed by atoms with Gasteiger partial charge in [-0.05, 0) is 13.1 Å². The summed E-state index contributed by atoms with van der Waals surface area (Å²) < 4.78 is 39.5. The van der Waals surface area contributed by atoms with Crippen molar-refractivity contribution in [1.29, 1.82) is 0 Å². The number of carbonyl (C=O) groups is 1. The Balaban J connectivity index is 0.00000242. The van der Waals surface area contributed by atoms with Gasteiger partial charge >= 0.3 is 0 Å². The Bertz CT molecular complexity index is 524. The highest BCUT2D eigenvalue weighted by molar-refractivity contribution is 5.85. The van der Waals surface area contributed by atoms with E-state index in [0.29, 0.717) is 19.2 Å². The lowest BCUT2D eigenvalue weighted by Gasteiger charge is -2.29. The fourth-order valence-corrected chi connectivity index (χ4v) is 2.28. The molecule has 22 heavy (non-hydrogen) atoms. The lowest BCUT2D eigenvalue weighted by molar-refractivity contribution is -0.132. The van der Waals surface area contributed by atoms with Gasteiger partial charge in [0, 0.05) is 44.4 Å². The van der Waals surface area contributed by atoms with E-state index in [4.69, 9.17) is 0 Å². The first kappa shape index (κ1) is 18.7. The van der Waals surface area contributed by atoms with Crippen LogP contribution in [0.15, 0.2) is 12.1 Å². The van der Waals surface area contributed by atoms with Gasteiger partial charge in [-0.3, -0.25) is 9.69 Å². The van der Waals surface area contributed by atoms with Gasteiger partial charge in [0.05, 0.1) is 6.54 Å². The van der Waals surface area contributed by atoms with E-state index in [1.807, 2.05) is 0 Å². The summed E-state index contributed by atoms with van der Waals surface area (Å²) >= 11 is 0. The molecule has 0 aliphatic carbocycles. The molecule has 1 aromatic carbocycles. The summed E-state index contributed by atoms with van der Waals surface area (Å²) in [5, 5.41) is 3.15. The highest BCUT2D eigenvalue weighted by Gasteiger charge is 2.18. The quantitative estimate of drug-likeness (QED) is 0.843. The number of nitrogens with one attached hydrogen (secondary N) is 1. The second-order valence-corrected chi connectivity index (χ2v) is 5.16. The molecule has 124 valence electrons. The van der Waals surface area contributed by atoms with Gasteiger partial charge in [-0.1, -0.05) is 0 Å². The maximum Gasteiger partial charge on any atom is 0.236 e. The van der Waals surface area contributed by atoms with E-state index >= 15 is 0 Å². The van der Waals surface area contributed by atoms with Gasteiger partial charge in [0.25, 0.3) is 0 Å². The first-order valence-corrected chi connectivity index (χ1v) is 6.78. The minimum absolute atomic E-state index is 0. The zero-order valence-corrected chi connectivity index (χ0v) is 13.1. The van der Waals surface area contributed by atoms with E-state index in [9.17, 15) is 18.0 Å². The van der Waals surface area contributed by atoms with Crippen LogP contribution in [-0.2, 0) is 11.3 Å². The number of amides is 1. The predicted octanol–water partition coefficient (Wildman–Crippen LogP) is 1.39. The van der Waals surface area contributed by atoms with Gasteiger partial charge in [-0.15, -0.1) is 12.4 Å². The third-order valence-corrected chi connectivity index (χ3v) is 3.40. The first-order chi connectivity index (χ1) is 9.97. The second-order valence-electron chi connectivity index (χ2n) is 5.16. The molecule has 1 heterocycles. The van der Waals surface area contributed by atoms with Crippen molar-refractivity contribution in [1.82, 2.24) is 15.1 Å². The van der Waals surface area contributed by atoms with Crippen molar-refractivity contribution >= 4 is 18.3 Å². The van der Waals surface area contributed by atoms with Crippen molar-refractivity contribution in [3.05, 3.63) is 35.1 Å². The zero-order chi connectivity index (χ0) is 15.4. The van der Waals surface area contributed by atoms with E-state index < -0.39 is 17.5 Å². The number of nitrogens with zero attached hydrogens (tertiary/aromatic N) is 2. The molecule has 0 radical (unpaired) electrons. The third-order valence-electron chi connectivity index (χ3n) is 3.40. The first-order valence-electron chi connectivity index (χ1n) is 6.78. The van der Waals surface area contributed by atoms with E-state index in [2.05, 4.69) is 5.32 Å². The molecule has 0 atom stereocenters. The molecule has 1 amide bonds. The number of piperazine rings is 1. The molecule has 1 N–H and O–H groups in total. The van der Waals surface area contributed by atoms with E-state index in [1.54, 1.807) is 16.8 Å². The van der Waals surface area contributed by atoms with Crippen LogP contribution in [0, 0.1) is 17.5 Å². The van der Waals surface area contributed by atoms with Gasteiger partial charge in [0.15, 0.2) is 11.6 Å². The topological polar surface area (TPSA) is 35.6 Å². The number of hydrogen-bond donors (Lipinski definition) is 1. The Kier molecular flexibility index (Phi) is 7.12. The smallest absolute Gasteiger partial charge is 0.236 e. The van der Waals surface area contributed by atoms with Crippen molar-refractivity contribution in [3.8, 4) is 0 Å². The Morgan fingerprint density at radius 1 is 1.18 bits per heavy atom. The Morgan fingerprint density at radius 3 is 2.41 bits per heavy atom. The van der Waals surface area contributed by atoms with Crippen LogP contribution in [0.25, 0.3) is 0 Å². The highest BCUT2D eigenvalue weighted by Crippen LogP contribution is 2.15. The predicted molar refractivity (Wildman–Crippen MR) is 79.3 cm³/mol. The van der Waals surface area contributed by atoms with Crippen LogP contribution in [0.5, 0.6) is 0 Å². The van der Waals surface area contributed by atoms with Crippen LogP contribution in [0.1, 0.15) is 5.56 Å². The van der Waals surface area contributed by atoms with Gasteiger partial charge in [0.2, 0.25) is 5.91 Å². The van der Waals surface area contributed by atoms with E-state index in [0.717, 1.165) is 19.2 Å². The zero-order valence-electron chi connectivity index (χ0n) is 12.2. The highest BCUT2D eigenvalue weighted by atomic mass is 35.5. The fourth-order valence-electron chi connectivity index (χ4n) is 2.28. The average Bonchev–Trinajstić information content (AvgIpc) is 2.45. The molecule has 2 rings (SSSR count). The Hall–Kier alpha value is -1.31. The summed E-state index contributed by atoms with van der Waals surface area (Å²) in [6.45, 7) is 2.96. The molecule has 0 bridgehead atoms. The summed E-state index contributed by atoms with van der Waals surface area (Å²) in [6, 6.07) is 1.35. The maximum atomic E-state index is 13.5. The monoisotopic (exact) mass is 337 g/mol.